The molecule has 2 N–H and O–H groups in total. The number of amides is 2. The van der Waals surface area contributed by atoms with E-state index in [-0.39, 0.29) is 41.9 Å². The van der Waals surface area contributed by atoms with E-state index in [0.29, 0.717) is 36.3 Å². The molecule has 1 atom stereocenters. The van der Waals surface area contributed by atoms with Crippen LogP contribution in [0.1, 0.15) is 106 Å². The van der Waals surface area contributed by atoms with Crippen LogP contribution in [-0.2, 0) is 15.8 Å². The molecule has 10 heteroatoms. The molecular weight excluding hydrogens is 559 g/mol. The lowest BCUT2D eigenvalue weighted by atomic mass is 9.69. The van der Waals surface area contributed by atoms with Crippen LogP contribution in [0.15, 0.2) is 53.5 Å². The Labute approximate surface area is 250 Å². The number of alkyl halides is 3. The molecule has 2 amide bonds. The standard InChI is InChI=1S/C33H40F3N3O4/c1-5-6-26(21-7-9-23(10-8-21)29(42)37-20-17-27(40)41)39-30(43)28(22-11-13-25(14-12-22)33(34,35)36)38-32(39)18-15-24(16-19-32)31(2,3)4/h7-14,24,26H,5-6,15-20H2,1-4H3,(H,37,42)(H,40,41). The summed E-state index contributed by atoms with van der Waals surface area (Å²) in [7, 11) is 0. The molecule has 1 fully saturated rings. The number of carboxylic acid groups (broad SMARTS) is 1. The number of benzene rings is 2. The van der Waals surface area contributed by atoms with E-state index < -0.39 is 23.4 Å². The van der Waals surface area contributed by atoms with Gasteiger partial charge >= 0.3 is 12.1 Å². The average molecular weight is 600 g/mol. The van der Waals surface area contributed by atoms with E-state index >= 15 is 0 Å². The summed E-state index contributed by atoms with van der Waals surface area (Å²) < 4.78 is 39.7. The maximum Gasteiger partial charge on any atom is 0.416 e. The molecule has 1 spiro atoms. The highest BCUT2D eigenvalue weighted by Gasteiger charge is 2.52. The minimum absolute atomic E-state index is 0.0127. The first-order chi connectivity index (χ1) is 20.2. The molecule has 2 aromatic rings. The maximum atomic E-state index is 14.2. The molecule has 4 rings (SSSR count). The van der Waals surface area contributed by atoms with Crippen LogP contribution in [0.25, 0.3) is 0 Å². The van der Waals surface area contributed by atoms with E-state index in [9.17, 15) is 27.6 Å². The minimum atomic E-state index is -4.48. The van der Waals surface area contributed by atoms with Gasteiger partial charge in [-0.25, -0.2) is 0 Å². The second kappa shape index (κ2) is 12.5. The van der Waals surface area contributed by atoms with Gasteiger partial charge in [0, 0.05) is 17.7 Å². The predicted octanol–water partition coefficient (Wildman–Crippen LogP) is 7.02. The zero-order chi connectivity index (χ0) is 31.6. The predicted molar refractivity (Wildman–Crippen MR) is 158 cm³/mol. The molecule has 0 bridgehead atoms. The summed E-state index contributed by atoms with van der Waals surface area (Å²) in [6.45, 7) is 8.67. The molecule has 7 nitrogen and oxygen atoms in total. The van der Waals surface area contributed by atoms with Crippen LogP contribution in [-0.4, -0.2) is 45.7 Å². The molecule has 0 saturated heterocycles. The van der Waals surface area contributed by atoms with Crippen molar-refractivity contribution in [3.8, 4) is 0 Å². The summed E-state index contributed by atoms with van der Waals surface area (Å²) in [5.74, 6) is -1.24. The van der Waals surface area contributed by atoms with Gasteiger partial charge in [0.25, 0.3) is 11.8 Å². The first-order valence-corrected chi connectivity index (χ1v) is 14.9. The maximum absolute atomic E-state index is 14.2. The van der Waals surface area contributed by atoms with Crippen LogP contribution < -0.4 is 5.32 Å². The van der Waals surface area contributed by atoms with Crippen LogP contribution in [0.4, 0.5) is 13.2 Å². The molecule has 43 heavy (non-hydrogen) atoms. The van der Waals surface area contributed by atoms with Gasteiger partial charge in [0.1, 0.15) is 11.4 Å². The van der Waals surface area contributed by atoms with Crippen molar-refractivity contribution in [1.29, 1.82) is 0 Å². The molecular formula is C33H40F3N3O4. The van der Waals surface area contributed by atoms with E-state index in [1.165, 1.54) is 12.1 Å². The fourth-order valence-electron chi connectivity index (χ4n) is 6.31. The SMILES string of the molecule is CCCC(c1ccc(C(=O)NCCC(=O)O)cc1)N1C(=O)C(c2ccc(C(F)(F)F)cc2)=NC12CCC(C(C)(C)C)CC2. The summed E-state index contributed by atoms with van der Waals surface area (Å²) in [4.78, 5) is 44.4. The Morgan fingerprint density at radius 3 is 2.16 bits per heavy atom. The Balaban J connectivity index is 1.68. The average Bonchev–Trinajstić information content (AvgIpc) is 3.21. The zero-order valence-electron chi connectivity index (χ0n) is 25.1. The van der Waals surface area contributed by atoms with Gasteiger partial charge in [0.2, 0.25) is 0 Å². The molecule has 1 aliphatic heterocycles. The second-order valence-corrected chi connectivity index (χ2v) is 12.7. The van der Waals surface area contributed by atoms with Crippen molar-refractivity contribution >= 4 is 23.5 Å². The fraction of sp³-hybridized carbons (Fsp3) is 0.515. The van der Waals surface area contributed by atoms with Crippen LogP contribution in [0.2, 0.25) is 0 Å². The number of hydrogen-bond donors (Lipinski definition) is 2. The molecule has 1 heterocycles. The zero-order valence-corrected chi connectivity index (χ0v) is 25.1. The molecule has 1 saturated carbocycles. The number of aliphatic imine (C=N–C) groups is 1. The van der Waals surface area contributed by atoms with E-state index in [2.05, 4.69) is 26.1 Å². The third-order valence-corrected chi connectivity index (χ3v) is 8.74. The number of halogens is 3. The van der Waals surface area contributed by atoms with E-state index in [4.69, 9.17) is 10.1 Å². The number of nitrogens with zero attached hydrogens (tertiary/aromatic N) is 2. The summed E-state index contributed by atoms with van der Waals surface area (Å²) >= 11 is 0. The summed E-state index contributed by atoms with van der Waals surface area (Å²) in [6, 6.07) is 11.2. The van der Waals surface area contributed by atoms with Gasteiger partial charge in [0.05, 0.1) is 18.0 Å². The van der Waals surface area contributed by atoms with Gasteiger partial charge in [-0.05, 0) is 73.3 Å². The monoisotopic (exact) mass is 599 g/mol. The highest BCUT2D eigenvalue weighted by molar-refractivity contribution is 6.46. The molecule has 1 unspecified atom stereocenters. The lowest BCUT2D eigenvalue weighted by Gasteiger charge is -2.47. The molecule has 0 aromatic heterocycles. The van der Waals surface area contributed by atoms with Gasteiger partial charge in [-0.15, -0.1) is 0 Å². The number of carboxylic acids is 1. The van der Waals surface area contributed by atoms with Crippen molar-refractivity contribution < 1.29 is 32.7 Å². The molecule has 2 aliphatic rings. The minimum Gasteiger partial charge on any atom is -0.481 e. The van der Waals surface area contributed by atoms with Crippen LogP contribution >= 0.6 is 0 Å². The van der Waals surface area contributed by atoms with E-state index in [0.717, 1.165) is 37.0 Å². The molecule has 1 aliphatic carbocycles. The van der Waals surface area contributed by atoms with Crippen LogP contribution in [0.3, 0.4) is 0 Å². The van der Waals surface area contributed by atoms with Crippen molar-refractivity contribution in [3.05, 3.63) is 70.8 Å². The number of carbonyl (C=O) groups excluding carboxylic acids is 2. The summed E-state index contributed by atoms with van der Waals surface area (Å²) in [5, 5.41) is 11.4. The normalized spacial score (nSPS) is 21.6. The largest absolute Gasteiger partial charge is 0.481 e. The highest BCUT2D eigenvalue weighted by Crippen LogP contribution is 2.50. The Morgan fingerprint density at radius 2 is 1.65 bits per heavy atom. The van der Waals surface area contributed by atoms with Crippen molar-refractivity contribution in [3.63, 3.8) is 0 Å². The number of carbonyl (C=O) groups is 3. The summed E-state index contributed by atoms with van der Waals surface area (Å²) in [5.41, 5.74) is 0.246. The van der Waals surface area contributed by atoms with Gasteiger partial charge < -0.3 is 15.3 Å². The lowest BCUT2D eigenvalue weighted by molar-refractivity contribution is -0.138. The quantitative estimate of drug-likeness (QED) is 0.324. The first kappa shape index (κ1) is 32.2. The van der Waals surface area contributed by atoms with Crippen molar-refractivity contribution in [2.45, 2.75) is 90.5 Å². The smallest absolute Gasteiger partial charge is 0.416 e. The Kier molecular flexibility index (Phi) is 9.37. The second-order valence-electron chi connectivity index (χ2n) is 12.7. The number of aliphatic carboxylic acids is 1. The van der Waals surface area contributed by atoms with Gasteiger partial charge in [-0.2, -0.15) is 13.2 Å². The Bertz CT molecular complexity index is 1350. The topological polar surface area (TPSA) is 99.1 Å². The number of rotatable bonds is 9. The van der Waals surface area contributed by atoms with Crippen LogP contribution in [0.5, 0.6) is 0 Å². The number of nitrogens with one attached hydrogen (secondary N) is 1. The van der Waals surface area contributed by atoms with Gasteiger partial charge in [0.15, 0.2) is 0 Å². The van der Waals surface area contributed by atoms with Crippen LogP contribution in [0, 0.1) is 11.3 Å². The number of hydrogen-bond acceptors (Lipinski definition) is 4. The Hall–Kier alpha value is -3.69. The third kappa shape index (κ3) is 7.11. The molecule has 232 valence electrons. The lowest BCUT2D eigenvalue weighted by Crippen LogP contribution is -2.51. The highest BCUT2D eigenvalue weighted by atomic mass is 19.4. The first-order valence-electron chi connectivity index (χ1n) is 14.9. The molecule has 2 aromatic carbocycles. The van der Waals surface area contributed by atoms with Crippen molar-refractivity contribution in [2.75, 3.05) is 6.54 Å². The summed E-state index contributed by atoms with van der Waals surface area (Å²) in [6.07, 6.45) is -0.234. The third-order valence-electron chi connectivity index (χ3n) is 8.74. The van der Waals surface area contributed by atoms with Crippen molar-refractivity contribution in [2.24, 2.45) is 16.3 Å². The van der Waals surface area contributed by atoms with E-state index in [1.807, 2.05) is 24.0 Å². The molecule has 0 radical (unpaired) electrons. The fourth-order valence-corrected chi connectivity index (χ4v) is 6.31. The Morgan fingerprint density at radius 1 is 1.05 bits per heavy atom. The van der Waals surface area contributed by atoms with E-state index in [1.54, 1.807) is 12.1 Å². The van der Waals surface area contributed by atoms with Gasteiger partial charge in [-0.3, -0.25) is 19.4 Å². The van der Waals surface area contributed by atoms with Crippen molar-refractivity contribution in [1.82, 2.24) is 10.2 Å². The van der Waals surface area contributed by atoms with Gasteiger partial charge in [-0.1, -0.05) is 58.4 Å².